The molecule has 6 nitrogen and oxygen atoms in total. The topological polar surface area (TPSA) is 69.6 Å². The first-order valence-electron chi connectivity index (χ1n) is 13.4. The number of hydrogen-bond acceptors (Lipinski definition) is 5. The Bertz CT molecular complexity index is 2110. The molecule has 5 aromatic carbocycles. The molecule has 0 N–H and O–H groups in total. The summed E-state index contributed by atoms with van der Waals surface area (Å²) in [6.07, 6.45) is 1.68. The average molecular weight is 536 g/mol. The molecule has 0 unspecified atom stereocenters. The summed E-state index contributed by atoms with van der Waals surface area (Å²) in [5.74, 6) is 1.45. The quantitative estimate of drug-likeness (QED) is 0.204. The van der Waals surface area contributed by atoms with E-state index < -0.39 is 0 Å². The number of para-hydroxylation sites is 2. The third-order valence-electron chi connectivity index (χ3n) is 7.15. The van der Waals surface area contributed by atoms with E-state index in [0.717, 1.165) is 27.3 Å². The number of aryl methyl sites for hydroxylation is 1. The molecule has 7 rings (SSSR count). The third-order valence-corrected chi connectivity index (χ3v) is 7.15. The molecule has 6 heteroatoms. The van der Waals surface area contributed by atoms with Gasteiger partial charge in [0.05, 0.1) is 17.1 Å². The van der Waals surface area contributed by atoms with Gasteiger partial charge < -0.3 is 9.15 Å². The van der Waals surface area contributed by atoms with Crippen LogP contribution in [-0.4, -0.2) is 15.9 Å². The van der Waals surface area contributed by atoms with Crippen molar-refractivity contribution in [1.82, 2.24) is 9.66 Å². The second-order valence-corrected chi connectivity index (χ2v) is 9.94. The van der Waals surface area contributed by atoms with Crippen molar-refractivity contribution in [3.8, 4) is 17.3 Å². The van der Waals surface area contributed by atoms with Crippen LogP contribution in [0.15, 0.2) is 130 Å². The van der Waals surface area contributed by atoms with E-state index in [1.807, 2.05) is 84.9 Å². The lowest BCUT2D eigenvalue weighted by Gasteiger charge is -2.13. The number of ether oxygens (including phenoxy) is 1. The monoisotopic (exact) mass is 535 g/mol. The minimum atomic E-state index is -0.287. The molecule has 0 atom stereocenters. The summed E-state index contributed by atoms with van der Waals surface area (Å²) in [6, 6.07) is 37.1. The van der Waals surface area contributed by atoms with Crippen LogP contribution in [0.5, 0.6) is 5.75 Å². The first-order valence-corrected chi connectivity index (χ1v) is 13.4. The summed E-state index contributed by atoms with van der Waals surface area (Å²) in [5, 5.41) is 8.12. The highest BCUT2D eigenvalue weighted by atomic mass is 16.5. The van der Waals surface area contributed by atoms with Gasteiger partial charge in [-0.25, -0.2) is 4.98 Å². The highest BCUT2D eigenvalue weighted by Gasteiger charge is 2.17. The SMILES string of the molecule is Cc1ccc(COc2ccc3ccccc3c2C=Nn2c(-c3cc4ccccc4o3)nc3ccccc3c2=O)cc1. The van der Waals surface area contributed by atoms with Gasteiger partial charge in [0, 0.05) is 10.9 Å². The molecular formula is C35H25N3O3. The Hall–Kier alpha value is -5.49. The highest BCUT2D eigenvalue weighted by Crippen LogP contribution is 2.29. The van der Waals surface area contributed by atoms with E-state index in [9.17, 15) is 4.79 Å². The second-order valence-electron chi connectivity index (χ2n) is 9.94. The molecule has 0 bridgehead atoms. The first-order chi connectivity index (χ1) is 20.1. The summed E-state index contributed by atoms with van der Waals surface area (Å²) < 4.78 is 13.7. The fourth-order valence-electron chi connectivity index (χ4n) is 4.98. The smallest absolute Gasteiger partial charge is 0.282 e. The van der Waals surface area contributed by atoms with Crippen LogP contribution >= 0.6 is 0 Å². The van der Waals surface area contributed by atoms with Crippen molar-refractivity contribution in [3.63, 3.8) is 0 Å². The summed E-state index contributed by atoms with van der Waals surface area (Å²) in [4.78, 5) is 18.6. The van der Waals surface area contributed by atoms with Gasteiger partial charge in [-0.1, -0.05) is 90.5 Å². The molecule has 0 saturated heterocycles. The predicted molar refractivity (Wildman–Crippen MR) is 164 cm³/mol. The van der Waals surface area contributed by atoms with Crippen LogP contribution in [-0.2, 0) is 6.61 Å². The van der Waals surface area contributed by atoms with Gasteiger partial charge in [0.2, 0.25) is 5.82 Å². The Morgan fingerprint density at radius 1 is 0.829 bits per heavy atom. The van der Waals surface area contributed by atoms with Gasteiger partial charge in [-0.2, -0.15) is 9.78 Å². The Kier molecular flexibility index (Phi) is 6.13. The number of benzene rings is 5. The Balaban J connectivity index is 1.38. The molecule has 198 valence electrons. The number of aromatic nitrogens is 2. The van der Waals surface area contributed by atoms with E-state index in [-0.39, 0.29) is 5.56 Å². The van der Waals surface area contributed by atoms with E-state index in [0.29, 0.717) is 40.4 Å². The second kappa shape index (κ2) is 10.2. The Morgan fingerprint density at radius 2 is 1.56 bits per heavy atom. The maximum atomic E-state index is 13.8. The Labute approximate surface area is 235 Å². The standard InChI is InChI=1S/C35H25N3O3/c1-23-14-16-24(17-15-23)22-40-32-19-18-25-8-2-4-10-27(25)29(32)21-36-38-34(33-20-26-9-3-7-13-31(26)41-33)37-30-12-6-5-11-28(30)35(38)39/h2-21H,22H2,1H3. The van der Waals surface area contributed by atoms with Gasteiger partial charge in [-0.3, -0.25) is 4.79 Å². The Morgan fingerprint density at radius 3 is 2.39 bits per heavy atom. The molecule has 0 aliphatic rings. The minimum absolute atomic E-state index is 0.287. The lowest BCUT2D eigenvalue weighted by atomic mass is 10.0. The number of fused-ring (bicyclic) bond motifs is 3. The van der Waals surface area contributed by atoms with Crippen molar-refractivity contribution in [2.75, 3.05) is 0 Å². The maximum Gasteiger partial charge on any atom is 0.282 e. The number of rotatable bonds is 6. The van der Waals surface area contributed by atoms with Crippen LogP contribution in [0.3, 0.4) is 0 Å². The number of hydrogen-bond donors (Lipinski definition) is 0. The van der Waals surface area contributed by atoms with Gasteiger partial charge in [-0.05, 0) is 53.6 Å². The molecule has 0 fully saturated rings. The largest absolute Gasteiger partial charge is 0.488 e. The van der Waals surface area contributed by atoms with Gasteiger partial charge in [-0.15, -0.1) is 0 Å². The lowest BCUT2D eigenvalue weighted by Crippen LogP contribution is -2.20. The summed E-state index contributed by atoms with van der Waals surface area (Å²) in [5.41, 5.74) is 4.03. The molecule has 0 aliphatic heterocycles. The molecule has 2 heterocycles. The van der Waals surface area contributed by atoms with Crippen LogP contribution in [0.4, 0.5) is 0 Å². The van der Waals surface area contributed by atoms with Crippen LogP contribution in [0, 0.1) is 6.92 Å². The van der Waals surface area contributed by atoms with Crippen molar-refractivity contribution in [1.29, 1.82) is 0 Å². The van der Waals surface area contributed by atoms with Crippen molar-refractivity contribution < 1.29 is 9.15 Å². The van der Waals surface area contributed by atoms with Crippen LogP contribution in [0.25, 0.3) is 44.2 Å². The molecule has 2 aromatic heterocycles. The van der Waals surface area contributed by atoms with Gasteiger partial charge in [0.15, 0.2) is 5.76 Å². The van der Waals surface area contributed by atoms with Gasteiger partial charge in [0.1, 0.15) is 17.9 Å². The molecule has 0 aliphatic carbocycles. The predicted octanol–water partition coefficient (Wildman–Crippen LogP) is 7.73. The zero-order valence-corrected chi connectivity index (χ0v) is 22.3. The highest BCUT2D eigenvalue weighted by molar-refractivity contribution is 6.02. The molecule has 0 spiro atoms. The van der Waals surface area contributed by atoms with Crippen LogP contribution in [0.2, 0.25) is 0 Å². The third kappa shape index (κ3) is 4.66. The van der Waals surface area contributed by atoms with Crippen molar-refractivity contribution in [2.24, 2.45) is 5.10 Å². The summed E-state index contributed by atoms with van der Waals surface area (Å²) in [6.45, 7) is 2.47. The fraction of sp³-hybridized carbons (Fsp3) is 0.0571. The van der Waals surface area contributed by atoms with Gasteiger partial charge >= 0.3 is 0 Å². The van der Waals surface area contributed by atoms with E-state index in [1.54, 1.807) is 12.3 Å². The zero-order chi connectivity index (χ0) is 27.8. The number of furan rings is 1. The molecular weight excluding hydrogens is 510 g/mol. The van der Waals surface area contributed by atoms with Crippen molar-refractivity contribution in [2.45, 2.75) is 13.5 Å². The van der Waals surface area contributed by atoms with Crippen molar-refractivity contribution in [3.05, 3.63) is 142 Å². The van der Waals surface area contributed by atoms with Crippen LogP contribution in [0.1, 0.15) is 16.7 Å². The molecule has 41 heavy (non-hydrogen) atoms. The van der Waals surface area contributed by atoms with E-state index in [4.69, 9.17) is 19.2 Å². The normalized spacial score (nSPS) is 11.6. The minimum Gasteiger partial charge on any atom is -0.488 e. The molecule has 7 aromatic rings. The zero-order valence-electron chi connectivity index (χ0n) is 22.3. The lowest BCUT2D eigenvalue weighted by molar-refractivity contribution is 0.306. The summed E-state index contributed by atoms with van der Waals surface area (Å²) in [7, 11) is 0. The van der Waals surface area contributed by atoms with Gasteiger partial charge in [0.25, 0.3) is 5.56 Å². The first kappa shape index (κ1) is 24.5. The molecule has 0 radical (unpaired) electrons. The molecule has 0 saturated carbocycles. The van der Waals surface area contributed by atoms with Crippen molar-refractivity contribution >= 4 is 38.9 Å². The van der Waals surface area contributed by atoms with Crippen LogP contribution < -0.4 is 10.3 Å². The average Bonchev–Trinajstić information content (AvgIpc) is 3.45. The maximum absolute atomic E-state index is 13.8. The van der Waals surface area contributed by atoms with E-state index >= 15 is 0 Å². The number of nitrogens with zero attached hydrogens (tertiary/aromatic N) is 3. The van der Waals surface area contributed by atoms with E-state index in [1.165, 1.54) is 10.2 Å². The molecule has 0 amide bonds. The summed E-state index contributed by atoms with van der Waals surface area (Å²) >= 11 is 0. The fourth-order valence-corrected chi connectivity index (χ4v) is 4.98. The van der Waals surface area contributed by atoms with E-state index in [2.05, 4.69) is 31.2 Å².